The summed E-state index contributed by atoms with van der Waals surface area (Å²) in [6.07, 6.45) is 3.28. The molecular weight excluding hydrogens is 296 g/mol. The first-order chi connectivity index (χ1) is 11.2. The van der Waals surface area contributed by atoms with Crippen molar-refractivity contribution in [1.82, 2.24) is 19.3 Å². The van der Waals surface area contributed by atoms with E-state index in [0.29, 0.717) is 17.5 Å². The van der Waals surface area contributed by atoms with Crippen molar-refractivity contribution in [3.63, 3.8) is 0 Å². The van der Waals surface area contributed by atoms with Gasteiger partial charge in [-0.05, 0) is 18.6 Å². The van der Waals surface area contributed by atoms with Crippen LogP contribution in [0.2, 0.25) is 0 Å². The number of nitrogens with zero attached hydrogens (tertiary/aromatic N) is 4. The van der Waals surface area contributed by atoms with E-state index in [9.17, 15) is 9.59 Å². The summed E-state index contributed by atoms with van der Waals surface area (Å²) in [7, 11) is 1.30. The highest BCUT2D eigenvalue weighted by Gasteiger charge is 2.22. The molecule has 0 saturated carbocycles. The van der Waals surface area contributed by atoms with Crippen LogP contribution in [0.25, 0.3) is 16.7 Å². The maximum atomic E-state index is 12.7. The summed E-state index contributed by atoms with van der Waals surface area (Å²) in [5.74, 6) is -0.466. The Morgan fingerprint density at radius 2 is 2.04 bits per heavy atom. The highest BCUT2D eigenvalue weighted by Crippen LogP contribution is 2.16. The van der Waals surface area contributed by atoms with Crippen LogP contribution in [0, 0.1) is 0 Å². The fourth-order valence-corrected chi connectivity index (χ4v) is 2.52. The van der Waals surface area contributed by atoms with Gasteiger partial charge in [-0.25, -0.2) is 14.5 Å². The van der Waals surface area contributed by atoms with Crippen molar-refractivity contribution in [2.45, 2.75) is 19.4 Å². The van der Waals surface area contributed by atoms with Crippen LogP contribution in [-0.4, -0.2) is 32.4 Å². The molecular formula is C16H16N4O3. The van der Waals surface area contributed by atoms with Gasteiger partial charge in [0.25, 0.3) is 5.56 Å². The van der Waals surface area contributed by atoms with Crippen LogP contribution in [0.5, 0.6) is 0 Å². The van der Waals surface area contributed by atoms with Crippen molar-refractivity contribution in [1.29, 1.82) is 0 Å². The third-order valence-electron chi connectivity index (χ3n) is 3.71. The minimum absolute atomic E-state index is 0.311. The summed E-state index contributed by atoms with van der Waals surface area (Å²) >= 11 is 0. The molecule has 0 spiro atoms. The van der Waals surface area contributed by atoms with Gasteiger partial charge in [-0.3, -0.25) is 9.36 Å². The molecule has 0 fully saturated rings. The van der Waals surface area contributed by atoms with Crippen molar-refractivity contribution in [2.75, 3.05) is 7.11 Å². The number of methoxy groups -OCH3 is 1. The topological polar surface area (TPSA) is 79.0 Å². The number of esters is 1. The summed E-state index contributed by atoms with van der Waals surface area (Å²) in [5, 5.41) is 4.60. The standard InChI is InChI=1S/C16H16N4O3/c1-3-13(16(22)23-2)19-10-17-14-12(15(19)21)9-18-20(14)11-7-5-4-6-8-11/h4-10,13H,3H2,1-2H3/t13-/m0/s1. The number of aromatic nitrogens is 4. The summed E-state index contributed by atoms with van der Waals surface area (Å²) < 4.78 is 7.65. The van der Waals surface area contributed by atoms with Gasteiger partial charge in [0.05, 0.1) is 19.0 Å². The van der Waals surface area contributed by atoms with E-state index in [-0.39, 0.29) is 5.56 Å². The molecule has 0 bridgehead atoms. The molecule has 118 valence electrons. The minimum Gasteiger partial charge on any atom is -0.467 e. The molecule has 2 aromatic heterocycles. The lowest BCUT2D eigenvalue weighted by Gasteiger charge is -2.15. The number of rotatable bonds is 4. The predicted molar refractivity (Wildman–Crippen MR) is 84.5 cm³/mol. The van der Waals surface area contributed by atoms with Gasteiger partial charge >= 0.3 is 5.97 Å². The van der Waals surface area contributed by atoms with E-state index in [1.165, 1.54) is 24.2 Å². The third kappa shape index (κ3) is 2.50. The maximum Gasteiger partial charge on any atom is 0.329 e. The Bertz CT molecular complexity index is 899. The molecule has 1 atom stereocenters. The van der Waals surface area contributed by atoms with E-state index in [1.807, 2.05) is 37.3 Å². The van der Waals surface area contributed by atoms with Gasteiger partial charge in [-0.2, -0.15) is 5.10 Å². The lowest BCUT2D eigenvalue weighted by molar-refractivity contribution is -0.144. The fraction of sp³-hybridized carbons (Fsp3) is 0.250. The van der Waals surface area contributed by atoms with Crippen LogP contribution in [0.1, 0.15) is 19.4 Å². The Hall–Kier alpha value is -2.96. The van der Waals surface area contributed by atoms with E-state index >= 15 is 0 Å². The first-order valence-electron chi connectivity index (χ1n) is 7.25. The summed E-state index contributed by atoms with van der Waals surface area (Å²) in [5.41, 5.74) is 0.957. The molecule has 0 radical (unpaired) electrons. The van der Waals surface area contributed by atoms with Crippen LogP contribution in [0.15, 0.2) is 47.7 Å². The Morgan fingerprint density at radius 3 is 2.70 bits per heavy atom. The molecule has 7 heteroatoms. The normalized spacial score (nSPS) is 12.3. The lowest BCUT2D eigenvalue weighted by atomic mass is 10.2. The molecule has 0 aliphatic carbocycles. The molecule has 0 N–H and O–H groups in total. The molecule has 7 nitrogen and oxygen atoms in total. The minimum atomic E-state index is -0.690. The van der Waals surface area contributed by atoms with Crippen LogP contribution < -0.4 is 5.56 Å². The van der Waals surface area contributed by atoms with Crippen molar-refractivity contribution in [2.24, 2.45) is 0 Å². The second-order valence-electron chi connectivity index (χ2n) is 5.03. The van der Waals surface area contributed by atoms with Crippen molar-refractivity contribution < 1.29 is 9.53 Å². The number of fused-ring (bicyclic) bond motifs is 1. The van der Waals surface area contributed by atoms with E-state index in [1.54, 1.807) is 4.68 Å². The first kappa shape index (κ1) is 15.0. The molecule has 0 saturated heterocycles. The maximum absolute atomic E-state index is 12.7. The Kier molecular flexibility index (Phi) is 3.92. The first-order valence-corrected chi connectivity index (χ1v) is 7.25. The molecule has 2 heterocycles. The van der Waals surface area contributed by atoms with Crippen LogP contribution >= 0.6 is 0 Å². The fourth-order valence-electron chi connectivity index (χ4n) is 2.52. The molecule has 0 aliphatic heterocycles. The monoisotopic (exact) mass is 312 g/mol. The zero-order valence-corrected chi connectivity index (χ0v) is 12.8. The van der Waals surface area contributed by atoms with Gasteiger partial charge in [0.1, 0.15) is 17.8 Å². The molecule has 23 heavy (non-hydrogen) atoms. The second-order valence-corrected chi connectivity index (χ2v) is 5.03. The van der Waals surface area contributed by atoms with Gasteiger partial charge in [-0.1, -0.05) is 25.1 Å². The number of benzene rings is 1. The molecule has 3 rings (SSSR count). The quantitative estimate of drug-likeness (QED) is 0.685. The Balaban J connectivity index is 2.15. The lowest BCUT2D eigenvalue weighted by Crippen LogP contribution is -2.30. The SMILES string of the molecule is CC[C@@H](C(=O)OC)n1cnc2c(cnn2-c2ccccc2)c1=O. The molecule has 0 amide bonds. The van der Waals surface area contributed by atoms with Gasteiger partial charge in [-0.15, -0.1) is 0 Å². The highest BCUT2D eigenvalue weighted by atomic mass is 16.5. The Labute approximate surface area is 132 Å². The predicted octanol–water partition coefficient (Wildman–Crippen LogP) is 1.71. The number of carbonyl (C=O) groups excluding carboxylic acids is 1. The van der Waals surface area contributed by atoms with Crippen molar-refractivity contribution in [3.8, 4) is 5.69 Å². The zero-order valence-electron chi connectivity index (χ0n) is 12.8. The van der Waals surface area contributed by atoms with Gasteiger partial charge in [0, 0.05) is 0 Å². The number of para-hydroxylation sites is 1. The van der Waals surface area contributed by atoms with Crippen LogP contribution in [-0.2, 0) is 9.53 Å². The summed E-state index contributed by atoms with van der Waals surface area (Å²) in [6.45, 7) is 1.81. The second kappa shape index (κ2) is 6.04. The number of ether oxygens (including phenoxy) is 1. The van der Waals surface area contributed by atoms with E-state index < -0.39 is 12.0 Å². The van der Waals surface area contributed by atoms with Crippen LogP contribution in [0.4, 0.5) is 0 Å². The zero-order chi connectivity index (χ0) is 16.4. The summed E-state index contributed by atoms with van der Waals surface area (Å²) in [4.78, 5) is 28.8. The van der Waals surface area contributed by atoms with Crippen molar-refractivity contribution >= 4 is 17.0 Å². The summed E-state index contributed by atoms with van der Waals surface area (Å²) in [6, 6.07) is 8.73. The smallest absolute Gasteiger partial charge is 0.329 e. The van der Waals surface area contributed by atoms with E-state index in [4.69, 9.17) is 4.74 Å². The number of hydrogen-bond donors (Lipinski definition) is 0. The molecule has 0 aliphatic rings. The van der Waals surface area contributed by atoms with Gasteiger partial charge in [0.2, 0.25) is 0 Å². The number of carbonyl (C=O) groups is 1. The largest absolute Gasteiger partial charge is 0.467 e. The Morgan fingerprint density at radius 1 is 1.30 bits per heavy atom. The van der Waals surface area contributed by atoms with Crippen molar-refractivity contribution in [3.05, 3.63) is 53.2 Å². The van der Waals surface area contributed by atoms with E-state index in [0.717, 1.165) is 5.69 Å². The third-order valence-corrected chi connectivity index (χ3v) is 3.71. The van der Waals surface area contributed by atoms with Gasteiger partial charge in [0.15, 0.2) is 5.65 Å². The van der Waals surface area contributed by atoms with Gasteiger partial charge < -0.3 is 4.74 Å². The van der Waals surface area contributed by atoms with Crippen LogP contribution in [0.3, 0.4) is 0 Å². The molecule has 3 aromatic rings. The average molecular weight is 312 g/mol. The molecule has 1 aromatic carbocycles. The number of hydrogen-bond acceptors (Lipinski definition) is 5. The average Bonchev–Trinajstić information content (AvgIpc) is 3.03. The van der Waals surface area contributed by atoms with E-state index in [2.05, 4.69) is 10.1 Å². The highest BCUT2D eigenvalue weighted by molar-refractivity contribution is 5.77. The molecule has 0 unspecified atom stereocenters.